The molecule has 1 aromatic rings. The van der Waals surface area contributed by atoms with Gasteiger partial charge in [0, 0.05) is 20.3 Å². The number of aryl methyl sites for hydroxylation is 1. The second-order valence-electron chi connectivity index (χ2n) is 3.41. The zero-order valence-electron chi connectivity index (χ0n) is 8.48. The lowest BCUT2D eigenvalue weighted by Gasteiger charge is -2.16. The predicted octanol–water partition coefficient (Wildman–Crippen LogP) is 0.841. The largest absolute Gasteiger partial charge is 0.347 e. The van der Waals surface area contributed by atoms with E-state index >= 15 is 0 Å². The van der Waals surface area contributed by atoms with E-state index in [1.807, 2.05) is 20.0 Å². The fourth-order valence-electron chi connectivity index (χ4n) is 1.13. The zero-order chi connectivity index (χ0) is 10.0. The van der Waals surface area contributed by atoms with Crippen molar-refractivity contribution in [1.29, 1.82) is 0 Å². The molecule has 0 N–H and O–H groups in total. The lowest BCUT2D eigenvalue weighted by atomic mass is 10.3. The van der Waals surface area contributed by atoms with Crippen molar-refractivity contribution in [2.75, 3.05) is 14.1 Å². The summed E-state index contributed by atoms with van der Waals surface area (Å²) >= 11 is 0. The quantitative estimate of drug-likeness (QED) is 0.678. The Morgan fingerprint density at radius 3 is 2.62 bits per heavy atom. The minimum atomic E-state index is -0.219. The molecule has 1 heterocycles. The monoisotopic (exact) mass is 181 g/mol. The van der Waals surface area contributed by atoms with Crippen LogP contribution in [-0.2, 0) is 4.79 Å². The molecule has 0 radical (unpaired) electrons. The van der Waals surface area contributed by atoms with Gasteiger partial charge in [-0.1, -0.05) is 0 Å². The van der Waals surface area contributed by atoms with Crippen molar-refractivity contribution in [3.63, 3.8) is 0 Å². The standard InChI is InChI=1S/C9H15N3O/c1-7-5-10-12(6-7)8(2)9(13)11(3)4/h5-6,8H,1-4H3/t8-/m0/s1. The third kappa shape index (κ3) is 2.08. The van der Waals surface area contributed by atoms with Gasteiger partial charge in [0.1, 0.15) is 6.04 Å². The van der Waals surface area contributed by atoms with Gasteiger partial charge in [0.25, 0.3) is 0 Å². The molecule has 0 fully saturated rings. The molecule has 0 saturated carbocycles. The summed E-state index contributed by atoms with van der Waals surface area (Å²) in [4.78, 5) is 13.1. The van der Waals surface area contributed by atoms with Crippen molar-refractivity contribution in [2.45, 2.75) is 19.9 Å². The molecule has 0 spiro atoms. The van der Waals surface area contributed by atoms with Crippen molar-refractivity contribution in [3.8, 4) is 0 Å². The number of hydrogen-bond acceptors (Lipinski definition) is 2. The minimum absolute atomic E-state index is 0.0584. The van der Waals surface area contributed by atoms with Crippen LogP contribution in [0.5, 0.6) is 0 Å². The molecule has 1 amide bonds. The highest BCUT2D eigenvalue weighted by Gasteiger charge is 2.16. The molecule has 0 aromatic carbocycles. The third-order valence-corrected chi connectivity index (χ3v) is 1.93. The van der Waals surface area contributed by atoms with Crippen LogP contribution >= 0.6 is 0 Å². The Morgan fingerprint density at radius 2 is 2.23 bits per heavy atom. The maximum atomic E-state index is 11.5. The van der Waals surface area contributed by atoms with Gasteiger partial charge in [0.2, 0.25) is 5.91 Å². The van der Waals surface area contributed by atoms with E-state index in [1.165, 1.54) is 0 Å². The molecule has 0 aliphatic heterocycles. The Morgan fingerprint density at radius 1 is 1.62 bits per heavy atom. The molecule has 0 unspecified atom stereocenters. The van der Waals surface area contributed by atoms with Gasteiger partial charge in [-0.25, -0.2) is 0 Å². The molecular weight excluding hydrogens is 166 g/mol. The van der Waals surface area contributed by atoms with Gasteiger partial charge in [-0.05, 0) is 19.4 Å². The second kappa shape index (κ2) is 3.60. The molecule has 0 saturated heterocycles. The van der Waals surface area contributed by atoms with Gasteiger partial charge in [0.05, 0.1) is 6.20 Å². The van der Waals surface area contributed by atoms with E-state index in [1.54, 1.807) is 29.9 Å². The molecule has 4 heteroatoms. The van der Waals surface area contributed by atoms with Crippen molar-refractivity contribution in [1.82, 2.24) is 14.7 Å². The Hall–Kier alpha value is -1.32. The summed E-state index contributed by atoms with van der Waals surface area (Å²) in [5, 5.41) is 4.09. The van der Waals surface area contributed by atoms with E-state index in [9.17, 15) is 4.79 Å². The van der Waals surface area contributed by atoms with E-state index in [0.29, 0.717) is 0 Å². The van der Waals surface area contributed by atoms with Crippen LogP contribution in [-0.4, -0.2) is 34.7 Å². The van der Waals surface area contributed by atoms with Gasteiger partial charge < -0.3 is 4.90 Å². The van der Waals surface area contributed by atoms with Gasteiger partial charge >= 0.3 is 0 Å². The van der Waals surface area contributed by atoms with Crippen LogP contribution in [0.15, 0.2) is 12.4 Å². The normalized spacial score (nSPS) is 12.6. The summed E-state index contributed by atoms with van der Waals surface area (Å²) in [6, 6.07) is -0.219. The number of nitrogens with zero attached hydrogens (tertiary/aromatic N) is 3. The number of likely N-dealkylation sites (N-methyl/N-ethyl adjacent to an activating group) is 1. The smallest absolute Gasteiger partial charge is 0.246 e. The molecule has 0 aliphatic rings. The second-order valence-corrected chi connectivity index (χ2v) is 3.41. The van der Waals surface area contributed by atoms with Crippen LogP contribution in [0.3, 0.4) is 0 Å². The van der Waals surface area contributed by atoms with Gasteiger partial charge in [-0.3, -0.25) is 9.48 Å². The first-order chi connectivity index (χ1) is 6.02. The summed E-state index contributed by atoms with van der Waals surface area (Å²) in [5.41, 5.74) is 1.07. The zero-order valence-corrected chi connectivity index (χ0v) is 8.48. The maximum Gasteiger partial charge on any atom is 0.246 e. The van der Waals surface area contributed by atoms with Gasteiger partial charge in [0.15, 0.2) is 0 Å². The Kier molecular flexibility index (Phi) is 2.70. The molecule has 72 valence electrons. The van der Waals surface area contributed by atoms with Crippen molar-refractivity contribution >= 4 is 5.91 Å². The lowest BCUT2D eigenvalue weighted by Crippen LogP contribution is -2.30. The first-order valence-corrected chi connectivity index (χ1v) is 4.24. The summed E-state index contributed by atoms with van der Waals surface area (Å²) in [6.07, 6.45) is 3.62. The topological polar surface area (TPSA) is 38.1 Å². The summed E-state index contributed by atoms with van der Waals surface area (Å²) in [5.74, 6) is 0.0584. The summed E-state index contributed by atoms with van der Waals surface area (Å²) in [7, 11) is 3.49. The first kappa shape index (κ1) is 9.77. The first-order valence-electron chi connectivity index (χ1n) is 4.24. The average Bonchev–Trinajstić information content (AvgIpc) is 2.49. The molecule has 1 rings (SSSR count). The Balaban J connectivity index is 2.79. The van der Waals surface area contributed by atoms with E-state index < -0.39 is 0 Å². The number of carbonyl (C=O) groups excluding carboxylic acids is 1. The van der Waals surface area contributed by atoms with E-state index in [4.69, 9.17) is 0 Å². The van der Waals surface area contributed by atoms with Crippen LogP contribution in [0.1, 0.15) is 18.5 Å². The van der Waals surface area contributed by atoms with E-state index in [-0.39, 0.29) is 11.9 Å². The molecule has 1 atom stereocenters. The Bertz CT molecular complexity index is 304. The minimum Gasteiger partial charge on any atom is -0.347 e. The van der Waals surface area contributed by atoms with Crippen LogP contribution < -0.4 is 0 Å². The average molecular weight is 181 g/mol. The number of amides is 1. The van der Waals surface area contributed by atoms with Crippen molar-refractivity contribution in [3.05, 3.63) is 18.0 Å². The van der Waals surface area contributed by atoms with Crippen LogP contribution in [0.25, 0.3) is 0 Å². The highest BCUT2D eigenvalue weighted by atomic mass is 16.2. The predicted molar refractivity (Wildman–Crippen MR) is 50.4 cm³/mol. The maximum absolute atomic E-state index is 11.5. The number of aromatic nitrogens is 2. The van der Waals surface area contributed by atoms with Gasteiger partial charge in [-0.2, -0.15) is 5.10 Å². The van der Waals surface area contributed by atoms with Gasteiger partial charge in [-0.15, -0.1) is 0 Å². The molecule has 4 nitrogen and oxygen atoms in total. The van der Waals surface area contributed by atoms with Crippen LogP contribution in [0.2, 0.25) is 0 Å². The summed E-state index contributed by atoms with van der Waals surface area (Å²) < 4.78 is 1.68. The molecule has 13 heavy (non-hydrogen) atoms. The summed E-state index contributed by atoms with van der Waals surface area (Å²) in [6.45, 7) is 3.80. The molecule has 0 bridgehead atoms. The highest BCUT2D eigenvalue weighted by molar-refractivity contribution is 5.79. The number of rotatable bonds is 2. The van der Waals surface area contributed by atoms with Crippen molar-refractivity contribution < 1.29 is 4.79 Å². The third-order valence-electron chi connectivity index (χ3n) is 1.93. The van der Waals surface area contributed by atoms with E-state index in [2.05, 4.69) is 5.10 Å². The Labute approximate surface area is 78.1 Å². The fourth-order valence-corrected chi connectivity index (χ4v) is 1.13. The fraction of sp³-hybridized carbons (Fsp3) is 0.556. The van der Waals surface area contributed by atoms with Crippen molar-refractivity contribution in [2.24, 2.45) is 0 Å². The van der Waals surface area contributed by atoms with E-state index in [0.717, 1.165) is 5.56 Å². The lowest BCUT2D eigenvalue weighted by molar-refractivity contribution is -0.131. The van der Waals surface area contributed by atoms with Crippen LogP contribution in [0, 0.1) is 6.92 Å². The number of hydrogen-bond donors (Lipinski definition) is 0. The molecular formula is C9H15N3O. The highest BCUT2D eigenvalue weighted by Crippen LogP contribution is 2.07. The molecule has 1 aromatic heterocycles. The van der Waals surface area contributed by atoms with Crippen LogP contribution in [0.4, 0.5) is 0 Å². The number of carbonyl (C=O) groups is 1. The molecule has 0 aliphatic carbocycles. The SMILES string of the molecule is Cc1cnn([C@@H](C)C(=O)N(C)C)c1.